The molecule has 2 spiro atoms. The Hall–Kier alpha value is -7.72. The molecule has 3 heteroatoms. The van der Waals surface area contributed by atoms with Crippen molar-refractivity contribution in [2.45, 2.75) is 5.41 Å². The molecule has 0 aromatic heterocycles. The lowest BCUT2D eigenvalue weighted by molar-refractivity contribution is 0.725. The van der Waals surface area contributed by atoms with Crippen LogP contribution in [0.4, 0.5) is 34.1 Å². The highest BCUT2D eigenvalue weighted by molar-refractivity contribution is 7.24. The van der Waals surface area contributed by atoms with Gasteiger partial charge in [0.15, 0.2) is 8.07 Å². The van der Waals surface area contributed by atoms with Gasteiger partial charge in [0, 0.05) is 16.9 Å². The number of anilines is 6. The van der Waals surface area contributed by atoms with Gasteiger partial charge in [-0.1, -0.05) is 182 Å². The van der Waals surface area contributed by atoms with E-state index in [4.69, 9.17) is 0 Å². The van der Waals surface area contributed by atoms with E-state index in [9.17, 15) is 0 Å². The van der Waals surface area contributed by atoms with Crippen molar-refractivity contribution in [1.29, 1.82) is 0 Å². The van der Waals surface area contributed by atoms with Crippen molar-refractivity contribution >= 4 is 73.7 Å². The zero-order valence-electron chi connectivity index (χ0n) is 33.8. The number of para-hydroxylation sites is 4. The SMILES string of the molecule is c1ccc(N2c3ccccc3C3(c4ccccc42)c2ccccc2N(c2ccc4c(c2)[Si]2(c5ccccc5-c5ccccc52)c2ccccc2-4)c2ccc4ccccc4c23)cc1. The molecule has 4 aliphatic rings. The molecule has 2 nitrogen and oxygen atoms in total. The summed E-state index contributed by atoms with van der Waals surface area (Å²) in [6.07, 6.45) is 0. The molecule has 0 fully saturated rings. The summed E-state index contributed by atoms with van der Waals surface area (Å²) in [5.41, 5.74) is 17.1. The van der Waals surface area contributed by atoms with E-state index in [2.05, 4.69) is 240 Å². The fourth-order valence-corrected chi connectivity index (χ4v) is 17.9. The quantitative estimate of drug-likeness (QED) is 0.161. The number of nitrogens with zero attached hydrogens (tertiary/aromatic N) is 2. The van der Waals surface area contributed by atoms with E-state index in [0.29, 0.717) is 0 Å². The van der Waals surface area contributed by atoms with Gasteiger partial charge in [-0.2, -0.15) is 0 Å². The molecule has 10 aromatic rings. The maximum atomic E-state index is 2.59. The Morgan fingerprint density at radius 3 is 1.34 bits per heavy atom. The first kappa shape index (κ1) is 34.0. The van der Waals surface area contributed by atoms with Gasteiger partial charge in [-0.3, -0.25) is 0 Å². The van der Waals surface area contributed by atoms with E-state index in [1.807, 2.05) is 0 Å². The van der Waals surface area contributed by atoms with Gasteiger partial charge in [-0.25, -0.2) is 0 Å². The minimum absolute atomic E-state index is 0.631. The molecule has 62 heavy (non-hydrogen) atoms. The average molecular weight is 803 g/mol. The van der Waals surface area contributed by atoms with Crippen LogP contribution in [0.5, 0.6) is 0 Å². The standard InChI is InChI=1S/C59H38N2Si/c1-2-19-40(20-3-1)60-50-28-12-9-25-47(50)59(48-26-10-13-29-51(48)60)49-27-11-14-30-52(49)61(53-37-34-39-18-4-5-21-42(39)58(53)59)41-35-36-46-45-24-8-17-33-56(45)62(57(46)38-41)54-31-15-6-22-43(54)44-23-7-16-32-55(44)62/h1-38H. The molecule has 4 aliphatic heterocycles. The van der Waals surface area contributed by atoms with Gasteiger partial charge in [0.2, 0.25) is 0 Å². The van der Waals surface area contributed by atoms with E-state index in [-0.39, 0.29) is 0 Å². The molecule has 0 saturated carbocycles. The summed E-state index contributed by atoms with van der Waals surface area (Å²) >= 11 is 0. The Morgan fingerprint density at radius 2 is 0.758 bits per heavy atom. The summed E-state index contributed by atoms with van der Waals surface area (Å²) in [4.78, 5) is 5.06. The van der Waals surface area contributed by atoms with Crippen molar-refractivity contribution in [2.24, 2.45) is 0 Å². The molecule has 0 amide bonds. The summed E-state index contributed by atoms with van der Waals surface area (Å²) in [6.45, 7) is 0. The Bertz CT molecular complexity index is 3400. The topological polar surface area (TPSA) is 6.48 Å². The first-order valence-electron chi connectivity index (χ1n) is 21.7. The van der Waals surface area contributed by atoms with E-state index < -0.39 is 13.5 Å². The second-order valence-corrected chi connectivity index (χ2v) is 20.8. The Morgan fingerprint density at radius 1 is 0.306 bits per heavy atom. The minimum atomic E-state index is -2.68. The lowest BCUT2D eigenvalue weighted by Gasteiger charge is -2.51. The van der Waals surface area contributed by atoms with E-state index in [1.54, 1.807) is 0 Å². The van der Waals surface area contributed by atoms with Gasteiger partial charge in [0.05, 0.1) is 28.2 Å². The summed E-state index contributed by atoms with van der Waals surface area (Å²) < 4.78 is 0. The van der Waals surface area contributed by atoms with Crippen LogP contribution in [-0.4, -0.2) is 8.07 Å². The van der Waals surface area contributed by atoms with E-state index in [1.165, 1.54) is 104 Å². The Labute approximate surface area is 362 Å². The predicted octanol–water partition coefficient (Wildman–Crippen LogP) is 12.1. The van der Waals surface area contributed by atoms with Crippen LogP contribution in [-0.2, 0) is 5.41 Å². The van der Waals surface area contributed by atoms with Crippen molar-refractivity contribution in [3.05, 3.63) is 253 Å². The predicted molar refractivity (Wildman–Crippen MR) is 260 cm³/mol. The second kappa shape index (κ2) is 12.4. The number of hydrogen-bond acceptors (Lipinski definition) is 2. The van der Waals surface area contributed by atoms with Gasteiger partial charge >= 0.3 is 0 Å². The van der Waals surface area contributed by atoms with Gasteiger partial charge in [0.25, 0.3) is 0 Å². The normalized spacial score (nSPS) is 15.0. The third kappa shape index (κ3) is 4.09. The molecule has 0 atom stereocenters. The van der Waals surface area contributed by atoms with Crippen LogP contribution in [0, 0.1) is 0 Å². The van der Waals surface area contributed by atoms with Crippen LogP contribution < -0.4 is 30.5 Å². The average Bonchev–Trinajstić information content (AvgIpc) is 3.81. The van der Waals surface area contributed by atoms with E-state index in [0.717, 1.165) is 5.69 Å². The first-order valence-corrected chi connectivity index (χ1v) is 23.7. The number of fused-ring (bicyclic) bond motifs is 20. The summed E-state index contributed by atoms with van der Waals surface area (Å²) in [6, 6.07) is 87.3. The van der Waals surface area contributed by atoms with Gasteiger partial charge in [-0.05, 0) is 119 Å². The maximum absolute atomic E-state index is 2.68. The van der Waals surface area contributed by atoms with Crippen LogP contribution in [0.1, 0.15) is 22.3 Å². The van der Waals surface area contributed by atoms with Crippen molar-refractivity contribution in [3.8, 4) is 22.3 Å². The molecular weight excluding hydrogens is 765 g/mol. The van der Waals surface area contributed by atoms with Crippen LogP contribution in [0.3, 0.4) is 0 Å². The molecule has 288 valence electrons. The molecule has 4 heterocycles. The zero-order valence-corrected chi connectivity index (χ0v) is 34.8. The molecule has 14 rings (SSSR count). The molecule has 0 saturated heterocycles. The van der Waals surface area contributed by atoms with Crippen LogP contribution in [0.25, 0.3) is 33.0 Å². The smallest absolute Gasteiger partial charge is 0.182 e. The highest BCUT2D eigenvalue weighted by Crippen LogP contribution is 2.65. The third-order valence-corrected chi connectivity index (χ3v) is 19.4. The van der Waals surface area contributed by atoms with Gasteiger partial charge in [0.1, 0.15) is 0 Å². The van der Waals surface area contributed by atoms with Crippen LogP contribution in [0.15, 0.2) is 231 Å². The fourth-order valence-electron chi connectivity index (χ4n) is 12.3. The molecular formula is C59H38N2Si. The van der Waals surface area contributed by atoms with Gasteiger partial charge in [-0.15, -0.1) is 0 Å². The van der Waals surface area contributed by atoms with E-state index >= 15 is 0 Å². The van der Waals surface area contributed by atoms with Crippen LogP contribution >= 0.6 is 0 Å². The van der Waals surface area contributed by atoms with Crippen LogP contribution in [0.2, 0.25) is 0 Å². The minimum Gasteiger partial charge on any atom is -0.310 e. The van der Waals surface area contributed by atoms with Gasteiger partial charge < -0.3 is 9.80 Å². The molecule has 10 aromatic carbocycles. The summed E-state index contributed by atoms with van der Waals surface area (Å²) in [7, 11) is -2.68. The fraction of sp³-hybridized carbons (Fsp3) is 0.0169. The lowest BCUT2D eigenvalue weighted by Crippen LogP contribution is -2.70. The Kier molecular flexibility index (Phi) is 6.82. The van der Waals surface area contributed by atoms with Crippen molar-refractivity contribution < 1.29 is 0 Å². The monoisotopic (exact) mass is 802 g/mol. The lowest BCUT2D eigenvalue weighted by atomic mass is 9.59. The second-order valence-electron chi connectivity index (χ2n) is 17.1. The highest BCUT2D eigenvalue weighted by Gasteiger charge is 2.55. The zero-order chi connectivity index (χ0) is 40.6. The highest BCUT2D eigenvalue weighted by atomic mass is 28.3. The summed E-state index contributed by atoms with van der Waals surface area (Å²) in [5, 5.41) is 8.45. The molecule has 0 N–H and O–H groups in total. The largest absolute Gasteiger partial charge is 0.310 e. The first-order chi connectivity index (χ1) is 30.8. The molecule has 0 radical (unpaired) electrons. The van der Waals surface area contributed by atoms with Crippen molar-refractivity contribution in [3.63, 3.8) is 0 Å². The number of rotatable bonds is 2. The third-order valence-electron chi connectivity index (χ3n) is 14.4. The molecule has 0 aliphatic carbocycles. The van der Waals surface area contributed by atoms with Crippen molar-refractivity contribution in [2.75, 3.05) is 9.80 Å². The molecule has 0 unspecified atom stereocenters. The maximum Gasteiger partial charge on any atom is 0.182 e. The number of benzene rings is 10. The summed E-state index contributed by atoms with van der Waals surface area (Å²) in [5.74, 6) is 0. The molecule has 0 bridgehead atoms. The number of hydrogen-bond donors (Lipinski definition) is 0. The Balaban J connectivity index is 1.09. The van der Waals surface area contributed by atoms with Crippen molar-refractivity contribution in [1.82, 2.24) is 0 Å².